The van der Waals surface area contributed by atoms with E-state index in [1.54, 1.807) is 12.1 Å². The fourth-order valence-electron chi connectivity index (χ4n) is 1.18. The van der Waals surface area contributed by atoms with E-state index in [4.69, 9.17) is 15.3 Å². The van der Waals surface area contributed by atoms with Crippen LogP contribution in [0.3, 0.4) is 0 Å². The molecule has 3 nitrogen and oxygen atoms in total. The number of rotatable bonds is 3. The maximum Gasteiger partial charge on any atom is 0.304 e. The van der Waals surface area contributed by atoms with Crippen LogP contribution >= 0.6 is 0 Å². The molecule has 0 saturated carbocycles. The number of hydrogen-bond donors (Lipinski definition) is 3. The lowest BCUT2D eigenvalue weighted by Gasteiger charge is -2.14. The molecule has 0 heterocycles. The van der Waals surface area contributed by atoms with Crippen LogP contribution in [0.5, 0.6) is 0 Å². The molecule has 0 spiro atoms. The fraction of sp³-hybridized carbons (Fsp3) is 0.400. The Hall–Kier alpha value is -0.900. The smallest absolute Gasteiger partial charge is 0.304 e. The van der Waals surface area contributed by atoms with Gasteiger partial charge in [0.15, 0.2) is 0 Å². The lowest BCUT2D eigenvalue weighted by Crippen LogP contribution is -2.23. The van der Waals surface area contributed by atoms with Crippen molar-refractivity contribution in [2.75, 3.05) is 0 Å². The minimum Gasteiger partial charge on any atom is -0.340 e. The van der Waals surface area contributed by atoms with Gasteiger partial charge in [0.2, 0.25) is 0 Å². The van der Waals surface area contributed by atoms with Gasteiger partial charge in [0.1, 0.15) is 0 Å². The number of aryl methyl sites for hydroxylation is 1. The Labute approximate surface area is 77.3 Å². The molecule has 0 amide bonds. The topological polar surface area (TPSA) is 60.7 Å². The Morgan fingerprint density at radius 3 is 2.00 bits per heavy atom. The van der Waals surface area contributed by atoms with Crippen molar-refractivity contribution in [1.29, 1.82) is 0 Å². The van der Waals surface area contributed by atoms with Crippen LogP contribution in [0.1, 0.15) is 24.5 Å². The summed E-state index contributed by atoms with van der Waals surface area (Å²) in [7, 11) is 0. The van der Waals surface area contributed by atoms with Gasteiger partial charge < -0.3 is 15.3 Å². The third kappa shape index (κ3) is 2.81. The molecule has 0 aliphatic heterocycles. The van der Waals surface area contributed by atoms with Crippen LogP contribution < -0.4 is 0 Å². The number of hydrogen-bond acceptors (Lipinski definition) is 3. The van der Waals surface area contributed by atoms with Gasteiger partial charge in [-0.3, -0.25) is 0 Å². The van der Waals surface area contributed by atoms with Gasteiger partial charge >= 0.3 is 5.97 Å². The fourth-order valence-corrected chi connectivity index (χ4v) is 1.18. The molecule has 0 saturated heterocycles. The molecule has 0 aliphatic carbocycles. The molecular formula is C10H14O3. The first-order chi connectivity index (χ1) is 6.04. The highest BCUT2D eigenvalue weighted by atomic mass is 16.7. The van der Waals surface area contributed by atoms with Gasteiger partial charge in [-0.05, 0) is 12.0 Å². The van der Waals surface area contributed by atoms with Crippen molar-refractivity contribution in [3.8, 4) is 0 Å². The Bertz CT molecular complexity index is 258. The van der Waals surface area contributed by atoms with Gasteiger partial charge in [0, 0.05) is 5.56 Å². The van der Waals surface area contributed by atoms with Crippen LogP contribution in [0.4, 0.5) is 0 Å². The Morgan fingerprint density at radius 2 is 1.62 bits per heavy atom. The number of aliphatic hydroxyl groups is 3. The maximum atomic E-state index is 8.82. The molecule has 0 fully saturated rings. The summed E-state index contributed by atoms with van der Waals surface area (Å²) in [4.78, 5) is 0. The molecule has 1 rings (SSSR count). The molecule has 3 heteroatoms. The van der Waals surface area contributed by atoms with Crippen LogP contribution in [-0.4, -0.2) is 15.3 Å². The summed E-state index contributed by atoms with van der Waals surface area (Å²) in [5, 5.41) is 26.5. The quantitative estimate of drug-likeness (QED) is 0.604. The van der Waals surface area contributed by atoms with Crippen LogP contribution in [0.15, 0.2) is 24.3 Å². The van der Waals surface area contributed by atoms with Gasteiger partial charge in [0.05, 0.1) is 0 Å². The van der Waals surface area contributed by atoms with Gasteiger partial charge in [-0.15, -0.1) is 0 Å². The van der Waals surface area contributed by atoms with Crippen LogP contribution in [0.2, 0.25) is 0 Å². The second kappa shape index (κ2) is 3.87. The second-order valence-electron chi connectivity index (χ2n) is 3.08. The van der Waals surface area contributed by atoms with Gasteiger partial charge in [-0.25, -0.2) is 0 Å². The van der Waals surface area contributed by atoms with Gasteiger partial charge in [-0.2, -0.15) is 0 Å². The third-order valence-corrected chi connectivity index (χ3v) is 1.88. The lowest BCUT2D eigenvalue weighted by molar-refractivity contribution is -0.323. The lowest BCUT2D eigenvalue weighted by atomic mass is 10.1. The summed E-state index contributed by atoms with van der Waals surface area (Å²) in [6.07, 6.45) is 2.00. The average molecular weight is 182 g/mol. The van der Waals surface area contributed by atoms with Crippen molar-refractivity contribution in [3.05, 3.63) is 35.4 Å². The van der Waals surface area contributed by atoms with E-state index >= 15 is 0 Å². The predicted octanol–water partition coefficient (Wildman–Crippen LogP) is 0.726. The first-order valence-electron chi connectivity index (χ1n) is 4.30. The minimum atomic E-state index is -2.72. The molecule has 0 aliphatic rings. The van der Waals surface area contributed by atoms with Crippen LogP contribution in [0.25, 0.3) is 0 Å². The average Bonchev–Trinajstić information content (AvgIpc) is 2.04. The zero-order valence-electron chi connectivity index (χ0n) is 7.57. The normalized spacial score (nSPS) is 11.7. The first kappa shape index (κ1) is 10.2. The molecular weight excluding hydrogens is 168 g/mol. The summed E-state index contributed by atoms with van der Waals surface area (Å²) in [6.45, 7) is 2.07. The molecule has 0 radical (unpaired) electrons. The van der Waals surface area contributed by atoms with Crippen molar-refractivity contribution in [2.24, 2.45) is 0 Å². The van der Waals surface area contributed by atoms with E-state index < -0.39 is 5.97 Å². The third-order valence-electron chi connectivity index (χ3n) is 1.88. The monoisotopic (exact) mass is 182 g/mol. The van der Waals surface area contributed by atoms with Crippen LogP contribution in [-0.2, 0) is 12.4 Å². The van der Waals surface area contributed by atoms with Crippen molar-refractivity contribution in [3.63, 3.8) is 0 Å². The molecule has 0 aromatic heterocycles. The molecule has 1 aromatic carbocycles. The standard InChI is InChI=1S/C10H14O3/c1-2-3-8-4-6-9(7-5-8)10(11,12)13/h4-7,11-13H,2-3H2,1H3. The summed E-state index contributed by atoms with van der Waals surface area (Å²) in [5.74, 6) is -2.72. The van der Waals surface area contributed by atoms with E-state index in [2.05, 4.69) is 6.92 Å². The molecule has 13 heavy (non-hydrogen) atoms. The van der Waals surface area contributed by atoms with Crippen molar-refractivity contribution in [2.45, 2.75) is 25.7 Å². The Balaban J connectivity index is 2.81. The first-order valence-corrected chi connectivity index (χ1v) is 4.30. The van der Waals surface area contributed by atoms with E-state index in [0.717, 1.165) is 18.4 Å². The molecule has 72 valence electrons. The molecule has 3 N–H and O–H groups in total. The SMILES string of the molecule is CCCc1ccc(C(O)(O)O)cc1. The summed E-state index contributed by atoms with van der Waals surface area (Å²) >= 11 is 0. The summed E-state index contributed by atoms with van der Waals surface area (Å²) < 4.78 is 0. The van der Waals surface area contributed by atoms with E-state index in [0.29, 0.717) is 0 Å². The zero-order valence-corrected chi connectivity index (χ0v) is 7.57. The highest BCUT2D eigenvalue weighted by Crippen LogP contribution is 2.15. The number of benzene rings is 1. The Kier molecular flexibility index (Phi) is 3.03. The summed E-state index contributed by atoms with van der Waals surface area (Å²) in [6, 6.07) is 6.56. The van der Waals surface area contributed by atoms with Gasteiger partial charge in [-0.1, -0.05) is 37.6 Å². The molecule has 0 bridgehead atoms. The molecule has 0 unspecified atom stereocenters. The van der Waals surface area contributed by atoms with E-state index in [-0.39, 0.29) is 5.56 Å². The maximum absolute atomic E-state index is 8.82. The minimum absolute atomic E-state index is 0.0901. The van der Waals surface area contributed by atoms with E-state index in [1.807, 2.05) is 0 Å². The van der Waals surface area contributed by atoms with Gasteiger partial charge in [0.25, 0.3) is 0 Å². The highest BCUT2D eigenvalue weighted by molar-refractivity contribution is 5.24. The van der Waals surface area contributed by atoms with Crippen LogP contribution in [0, 0.1) is 0 Å². The Morgan fingerprint density at radius 1 is 1.08 bits per heavy atom. The van der Waals surface area contributed by atoms with Crippen molar-refractivity contribution < 1.29 is 15.3 Å². The van der Waals surface area contributed by atoms with Crippen molar-refractivity contribution >= 4 is 0 Å². The summed E-state index contributed by atoms with van der Waals surface area (Å²) in [5.41, 5.74) is 1.21. The van der Waals surface area contributed by atoms with E-state index in [1.165, 1.54) is 12.1 Å². The largest absolute Gasteiger partial charge is 0.340 e. The molecule has 1 aromatic rings. The van der Waals surface area contributed by atoms with Crippen molar-refractivity contribution in [1.82, 2.24) is 0 Å². The zero-order chi connectivity index (χ0) is 9.90. The molecule has 0 atom stereocenters. The van der Waals surface area contributed by atoms with E-state index in [9.17, 15) is 0 Å². The second-order valence-corrected chi connectivity index (χ2v) is 3.08. The highest BCUT2D eigenvalue weighted by Gasteiger charge is 2.20. The predicted molar refractivity (Wildman–Crippen MR) is 48.8 cm³/mol.